The van der Waals surface area contributed by atoms with Crippen LogP contribution in [0.25, 0.3) is 5.69 Å². The van der Waals surface area contributed by atoms with Crippen molar-refractivity contribution in [2.75, 3.05) is 0 Å². The third kappa shape index (κ3) is 3.39. The largest absolute Gasteiger partial charge is 0.478 e. The molecule has 1 aromatic heterocycles. The maximum absolute atomic E-state index is 13.8. The van der Waals surface area contributed by atoms with Crippen LogP contribution in [0, 0.1) is 19.7 Å². The van der Waals surface area contributed by atoms with E-state index in [-0.39, 0.29) is 5.82 Å². The summed E-state index contributed by atoms with van der Waals surface area (Å²) in [5.41, 5.74) is 4.05. The van der Waals surface area contributed by atoms with E-state index in [1.54, 1.807) is 18.2 Å². The fraction of sp³-hybridized carbons (Fsp3) is 0.190. The maximum atomic E-state index is 13.8. The highest BCUT2D eigenvalue weighted by Gasteiger charge is 2.23. The van der Waals surface area contributed by atoms with Crippen LogP contribution >= 0.6 is 0 Å². The summed E-state index contributed by atoms with van der Waals surface area (Å²) < 4.78 is 15.7. The Morgan fingerprint density at radius 2 is 1.65 bits per heavy atom. The lowest BCUT2D eigenvalue weighted by atomic mass is 10.1. The molecule has 4 nitrogen and oxygen atoms in total. The minimum absolute atomic E-state index is 0.270. The molecule has 0 spiro atoms. The molecule has 3 rings (SSSR count). The van der Waals surface area contributed by atoms with Crippen molar-refractivity contribution in [1.82, 2.24) is 9.88 Å². The van der Waals surface area contributed by atoms with E-state index >= 15 is 0 Å². The monoisotopic (exact) mass is 352 g/mol. The van der Waals surface area contributed by atoms with E-state index in [1.807, 2.05) is 48.7 Å². The van der Waals surface area contributed by atoms with E-state index in [0.717, 1.165) is 16.9 Å². The Balaban J connectivity index is 1.91. The Hall–Kier alpha value is -2.92. The zero-order chi connectivity index (χ0) is 18.7. The third-order valence-electron chi connectivity index (χ3n) is 4.57. The van der Waals surface area contributed by atoms with Gasteiger partial charge in [-0.3, -0.25) is 0 Å². The van der Waals surface area contributed by atoms with Crippen molar-refractivity contribution in [3.05, 3.63) is 88.5 Å². The van der Waals surface area contributed by atoms with Crippen LogP contribution in [0.4, 0.5) is 4.39 Å². The Morgan fingerprint density at radius 1 is 1.00 bits per heavy atom. The van der Waals surface area contributed by atoms with Gasteiger partial charge in [-0.05, 0) is 32.0 Å². The van der Waals surface area contributed by atoms with Gasteiger partial charge in [0.25, 0.3) is 0 Å². The van der Waals surface area contributed by atoms with Crippen molar-refractivity contribution >= 4 is 5.97 Å². The van der Waals surface area contributed by atoms with Gasteiger partial charge in [0.1, 0.15) is 5.82 Å². The SMILES string of the molecule is Cc1c(CNCc2ccccc2F)c(C(=O)O)c(C)n1-c1ccccc1. The number of nitrogens with one attached hydrogen (secondary N) is 1. The molecule has 0 aliphatic carbocycles. The molecule has 2 aromatic carbocycles. The summed E-state index contributed by atoms with van der Waals surface area (Å²) in [5, 5.41) is 12.9. The van der Waals surface area contributed by atoms with E-state index in [1.165, 1.54) is 6.07 Å². The standard InChI is InChI=1S/C21H21FN2O2/c1-14-18(13-23-12-16-8-6-7-11-19(16)22)20(21(25)26)15(2)24(14)17-9-4-3-5-10-17/h3-11,23H,12-13H2,1-2H3,(H,25,26). The number of rotatable bonds is 6. The van der Waals surface area contributed by atoms with E-state index in [2.05, 4.69) is 5.32 Å². The van der Waals surface area contributed by atoms with Crippen molar-refractivity contribution in [2.24, 2.45) is 0 Å². The second-order valence-electron chi connectivity index (χ2n) is 6.20. The van der Waals surface area contributed by atoms with Crippen LogP contribution in [0.3, 0.4) is 0 Å². The number of aromatic carboxylic acids is 1. The molecule has 134 valence electrons. The Bertz CT molecular complexity index is 933. The molecular formula is C21H21FN2O2. The molecule has 0 amide bonds. The molecule has 26 heavy (non-hydrogen) atoms. The summed E-state index contributed by atoms with van der Waals surface area (Å²) in [7, 11) is 0. The Labute approximate surface area is 151 Å². The highest BCUT2D eigenvalue weighted by Crippen LogP contribution is 2.26. The number of para-hydroxylation sites is 1. The topological polar surface area (TPSA) is 54.3 Å². The number of aromatic nitrogens is 1. The quantitative estimate of drug-likeness (QED) is 0.698. The molecule has 0 saturated heterocycles. The van der Waals surface area contributed by atoms with Gasteiger partial charge < -0.3 is 15.0 Å². The first kappa shape index (κ1) is 17.9. The molecule has 0 atom stereocenters. The summed E-state index contributed by atoms with van der Waals surface area (Å²) in [4.78, 5) is 11.8. The molecule has 0 fully saturated rings. The highest BCUT2D eigenvalue weighted by atomic mass is 19.1. The number of halogens is 1. The second-order valence-corrected chi connectivity index (χ2v) is 6.20. The molecule has 0 unspecified atom stereocenters. The number of carbonyl (C=O) groups is 1. The predicted molar refractivity (Wildman–Crippen MR) is 99.1 cm³/mol. The van der Waals surface area contributed by atoms with Crippen molar-refractivity contribution in [3.63, 3.8) is 0 Å². The van der Waals surface area contributed by atoms with Crippen LogP contribution in [0.2, 0.25) is 0 Å². The van der Waals surface area contributed by atoms with Gasteiger partial charge in [0.2, 0.25) is 0 Å². The number of nitrogens with zero attached hydrogens (tertiary/aromatic N) is 1. The van der Waals surface area contributed by atoms with Crippen molar-refractivity contribution in [3.8, 4) is 5.69 Å². The third-order valence-corrected chi connectivity index (χ3v) is 4.57. The first-order valence-electron chi connectivity index (χ1n) is 8.44. The van der Waals surface area contributed by atoms with E-state index < -0.39 is 5.97 Å². The van der Waals surface area contributed by atoms with Crippen LogP contribution in [0.5, 0.6) is 0 Å². The molecule has 0 radical (unpaired) electrons. The lowest BCUT2D eigenvalue weighted by Gasteiger charge is -2.10. The molecule has 0 bridgehead atoms. The summed E-state index contributed by atoms with van der Waals surface area (Å²) in [6.07, 6.45) is 0. The molecule has 0 saturated carbocycles. The van der Waals surface area contributed by atoms with Gasteiger partial charge in [0.05, 0.1) is 5.56 Å². The number of carboxylic acid groups (broad SMARTS) is 1. The first-order chi connectivity index (χ1) is 12.5. The van der Waals surface area contributed by atoms with Gasteiger partial charge in [-0.1, -0.05) is 36.4 Å². The Morgan fingerprint density at radius 3 is 2.31 bits per heavy atom. The molecule has 3 aromatic rings. The van der Waals surface area contributed by atoms with Gasteiger partial charge in [0, 0.05) is 41.3 Å². The molecule has 2 N–H and O–H groups in total. The average molecular weight is 352 g/mol. The smallest absolute Gasteiger partial charge is 0.337 e. The number of benzene rings is 2. The average Bonchev–Trinajstić information content (AvgIpc) is 2.87. The zero-order valence-corrected chi connectivity index (χ0v) is 14.8. The fourth-order valence-electron chi connectivity index (χ4n) is 3.33. The van der Waals surface area contributed by atoms with E-state index in [0.29, 0.717) is 29.9 Å². The molecular weight excluding hydrogens is 331 g/mol. The van der Waals surface area contributed by atoms with Crippen LogP contribution in [-0.2, 0) is 13.1 Å². The summed E-state index contributed by atoms with van der Waals surface area (Å²) >= 11 is 0. The minimum Gasteiger partial charge on any atom is -0.478 e. The summed E-state index contributed by atoms with van der Waals surface area (Å²) in [6, 6.07) is 16.2. The van der Waals surface area contributed by atoms with E-state index in [9.17, 15) is 14.3 Å². The second kappa shape index (κ2) is 7.54. The van der Waals surface area contributed by atoms with Crippen molar-refractivity contribution < 1.29 is 14.3 Å². The minimum atomic E-state index is -0.956. The zero-order valence-electron chi connectivity index (χ0n) is 14.8. The van der Waals surface area contributed by atoms with Crippen LogP contribution in [0.15, 0.2) is 54.6 Å². The molecule has 0 aliphatic rings. The van der Waals surface area contributed by atoms with Crippen molar-refractivity contribution in [2.45, 2.75) is 26.9 Å². The highest BCUT2D eigenvalue weighted by molar-refractivity contribution is 5.91. The number of carboxylic acids is 1. The lowest BCUT2D eigenvalue weighted by Crippen LogP contribution is -2.16. The number of hydrogen-bond donors (Lipinski definition) is 2. The van der Waals surface area contributed by atoms with Crippen LogP contribution in [0.1, 0.15) is 32.9 Å². The van der Waals surface area contributed by atoms with Gasteiger partial charge >= 0.3 is 5.97 Å². The number of hydrogen-bond acceptors (Lipinski definition) is 2. The normalized spacial score (nSPS) is 10.9. The summed E-state index contributed by atoms with van der Waals surface area (Å²) in [6.45, 7) is 4.40. The lowest BCUT2D eigenvalue weighted by molar-refractivity contribution is 0.0695. The van der Waals surface area contributed by atoms with Crippen LogP contribution in [-0.4, -0.2) is 15.6 Å². The first-order valence-corrected chi connectivity index (χ1v) is 8.44. The van der Waals surface area contributed by atoms with E-state index in [4.69, 9.17) is 0 Å². The predicted octanol–water partition coefficient (Wildman–Crippen LogP) is 4.22. The van der Waals surface area contributed by atoms with Gasteiger partial charge in [0.15, 0.2) is 0 Å². The fourth-order valence-corrected chi connectivity index (χ4v) is 3.33. The van der Waals surface area contributed by atoms with Crippen molar-refractivity contribution in [1.29, 1.82) is 0 Å². The maximum Gasteiger partial charge on any atom is 0.337 e. The van der Waals surface area contributed by atoms with Gasteiger partial charge in [-0.15, -0.1) is 0 Å². The van der Waals surface area contributed by atoms with Gasteiger partial charge in [-0.25, -0.2) is 9.18 Å². The molecule has 1 heterocycles. The van der Waals surface area contributed by atoms with Crippen LogP contribution < -0.4 is 5.32 Å². The molecule has 0 aliphatic heterocycles. The Kier molecular flexibility index (Phi) is 5.19. The summed E-state index contributed by atoms with van der Waals surface area (Å²) in [5.74, 6) is -1.23. The van der Waals surface area contributed by atoms with Gasteiger partial charge in [-0.2, -0.15) is 0 Å². The molecule has 5 heteroatoms.